The minimum atomic E-state index is -2.95. The number of hydrogen-bond donors (Lipinski definition) is 1. The molecule has 0 bridgehead atoms. The zero-order chi connectivity index (χ0) is 16.2. The molecule has 7 heteroatoms. The average Bonchev–Trinajstić information content (AvgIpc) is 2.86. The standard InChI is InChI=1S/C15H21N3O3S/c1-3-6-17-15(19)12-8-14(10-16-9-12)18(4-2)13-5-7-22(20,21)11-13/h3,8-10,13H,1,4-7,11H2,2H3,(H,17,19). The van der Waals surface area contributed by atoms with Crippen molar-refractivity contribution < 1.29 is 13.2 Å². The van der Waals surface area contributed by atoms with Crippen LogP contribution in [0.1, 0.15) is 23.7 Å². The lowest BCUT2D eigenvalue weighted by atomic mass is 10.1. The van der Waals surface area contributed by atoms with Crippen molar-refractivity contribution in [2.24, 2.45) is 0 Å². The highest BCUT2D eigenvalue weighted by Gasteiger charge is 2.32. The maximum atomic E-state index is 12.0. The minimum Gasteiger partial charge on any atom is -0.367 e. The van der Waals surface area contributed by atoms with Gasteiger partial charge in [-0.15, -0.1) is 6.58 Å². The number of aromatic nitrogens is 1. The number of anilines is 1. The summed E-state index contributed by atoms with van der Waals surface area (Å²) >= 11 is 0. The van der Waals surface area contributed by atoms with Gasteiger partial charge in [0.2, 0.25) is 0 Å². The van der Waals surface area contributed by atoms with Crippen molar-refractivity contribution in [3.8, 4) is 0 Å². The summed E-state index contributed by atoms with van der Waals surface area (Å²) in [5.41, 5.74) is 1.23. The molecule has 1 atom stereocenters. The number of pyridine rings is 1. The Morgan fingerprint density at radius 1 is 1.55 bits per heavy atom. The van der Waals surface area contributed by atoms with E-state index >= 15 is 0 Å². The first-order valence-electron chi connectivity index (χ1n) is 7.28. The molecule has 0 radical (unpaired) electrons. The van der Waals surface area contributed by atoms with E-state index in [0.717, 1.165) is 5.69 Å². The molecule has 1 N–H and O–H groups in total. The molecule has 0 saturated carbocycles. The summed E-state index contributed by atoms with van der Waals surface area (Å²) in [6.45, 7) is 6.58. The SMILES string of the molecule is C=CCNC(=O)c1cncc(N(CC)C2CCS(=O)(=O)C2)c1. The fourth-order valence-corrected chi connectivity index (χ4v) is 4.38. The normalized spacial score (nSPS) is 19.6. The van der Waals surface area contributed by atoms with Gasteiger partial charge in [-0.2, -0.15) is 0 Å². The van der Waals surface area contributed by atoms with Crippen LogP contribution in [0.4, 0.5) is 5.69 Å². The van der Waals surface area contributed by atoms with Crippen molar-refractivity contribution in [3.05, 3.63) is 36.7 Å². The largest absolute Gasteiger partial charge is 0.367 e. The number of sulfone groups is 1. The Morgan fingerprint density at radius 2 is 2.32 bits per heavy atom. The summed E-state index contributed by atoms with van der Waals surface area (Å²) in [6, 6.07) is 1.70. The van der Waals surface area contributed by atoms with Gasteiger partial charge in [-0.25, -0.2) is 8.42 Å². The van der Waals surface area contributed by atoms with Gasteiger partial charge < -0.3 is 10.2 Å². The number of carbonyl (C=O) groups excluding carboxylic acids is 1. The molecule has 0 aromatic carbocycles. The summed E-state index contributed by atoms with van der Waals surface area (Å²) in [6.07, 6.45) is 5.39. The molecule has 1 unspecified atom stereocenters. The molecule has 2 rings (SSSR count). The van der Waals surface area contributed by atoms with Crippen LogP contribution in [0.2, 0.25) is 0 Å². The first-order chi connectivity index (χ1) is 10.5. The van der Waals surface area contributed by atoms with Crippen LogP contribution in [0.15, 0.2) is 31.1 Å². The van der Waals surface area contributed by atoms with Crippen LogP contribution in [-0.4, -0.2) is 49.9 Å². The van der Waals surface area contributed by atoms with Crippen LogP contribution in [0.5, 0.6) is 0 Å². The molecule has 0 spiro atoms. The quantitative estimate of drug-likeness (QED) is 0.791. The van der Waals surface area contributed by atoms with E-state index < -0.39 is 9.84 Å². The Morgan fingerprint density at radius 3 is 2.91 bits per heavy atom. The Labute approximate surface area is 131 Å². The van der Waals surface area contributed by atoms with Gasteiger partial charge in [-0.05, 0) is 19.4 Å². The van der Waals surface area contributed by atoms with Crippen molar-refractivity contribution >= 4 is 21.4 Å². The summed E-state index contributed by atoms with van der Waals surface area (Å²) in [7, 11) is -2.95. The van der Waals surface area contributed by atoms with Crippen molar-refractivity contribution in [2.45, 2.75) is 19.4 Å². The Kier molecular flexibility index (Phi) is 5.18. The molecule has 0 aliphatic carbocycles. The smallest absolute Gasteiger partial charge is 0.253 e. The monoisotopic (exact) mass is 323 g/mol. The first kappa shape index (κ1) is 16.5. The van der Waals surface area contributed by atoms with Crippen LogP contribution >= 0.6 is 0 Å². The van der Waals surface area contributed by atoms with E-state index in [9.17, 15) is 13.2 Å². The van der Waals surface area contributed by atoms with Crippen LogP contribution in [0, 0.1) is 0 Å². The second-order valence-electron chi connectivity index (χ2n) is 5.27. The van der Waals surface area contributed by atoms with Gasteiger partial charge in [0.25, 0.3) is 5.91 Å². The summed E-state index contributed by atoms with van der Waals surface area (Å²) in [5.74, 6) is 0.166. The van der Waals surface area contributed by atoms with Gasteiger partial charge in [0.15, 0.2) is 9.84 Å². The van der Waals surface area contributed by atoms with Crippen LogP contribution in [0.25, 0.3) is 0 Å². The number of carbonyl (C=O) groups is 1. The molecule has 1 aromatic rings. The maximum Gasteiger partial charge on any atom is 0.253 e. The Bertz CT molecular complexity index is 658. The lowest BCUT2D eigenvalue weighted by molar-refractivity contribution is 0.0957. The molecule has 1 aromatic heterocycles. The summed E-state index contributed by atoms with van der Waals surface area (Å²) < 4.78 is 23.3. The third kappa shape index (κ3) is 3.85. The van der Waals surface area contributed by atoms with Gasteiger partial charge in [0.1, 0.15) is 0 Å². The zero-order valence-electron chi connectivity index (χ0n) is 12.7. The highest BCUT2D eigenvalue weighted by atomic mass is 32.2. The van der Waals surface area contributed by atoms with Crippen molar-refractivity contribution in [3.63, 3.8) is 0 Å². The fourth-order valence-electron chi connectivity index (χ4n) is 2.65. The third-order valence-electron chi connectivity index (χ3n) is 3.71. The van der Waals surface area contributed by atoms with Crippen molar-refractivity contribution in [2.75, 3.05) is 29.5 Å². The van der Waals surface area contributed by atoms with E-state index in [0.29, 0.717) is 25.1 Å². The van der Waals surface area contributed by atoms with Crippen LogP contribution < -0.4 is 10.2 Å². The third-order valence-corrected chi connectivity index (χ3v) is 5.46. The fraction of sp³-hybridized carbons (Fsp3) is 0.467. The van der Waals surface area contributed by atoms with Gasteiger partial charge in [0.05, 0.1) is 29.0 Å². The molecular formula is C15H21N3O3S. The lowest BCUT2D eigenvalue weighted by Gasteiger charge is -2.29. The Balaban J connectivity index is 2.19. The molecule has 6 nitrogen and oxygen atoms in total. The number of rotatable bonds is 6. The van der Waals surface area contributed by atoms with E-state index in [1.54, 1.807) is 18.3 Å². The average molecular weight is 323 g/mol. The summed E-state index contributed by atoms with van der Waals surface area (Å²) in [5, 5.41) is 2.70. The van der Waals surface area contributed by atoms with Crippen LogP contribution in [0.3, 0.4) is 0 Å². The molecule has 2 heterocycles. The molecule has 1 aliphatic heterocycles. The lowest BCUT2D eigenvalue weighted by Crippen LogP contribution is -2.36. The van der Waals surface area contributed by atoms with Crippen molar-refractivity contribution in [1.82, 2.24) is 10.3 Å². The van der Waals surface area contributed by atoms with Gasteiger partial charge in [0, 0.05) is 25.3 Å². The second kappa shape index (κ2) is 6.91. The molecule has 1 saturated heterocycles. The van der Waals surface area contributed by atoms with E-state index in [4.69, 9.17) is 0 Å². The molecule has 1 amide bonds. The van der Waals surface area contributed by atoms with Gasteiger partial charge in [-0.1, -0.05) is 6.08 Å². The zero-order valence-corrected chi connectivity index (χ0v) is 13.5. The van der Waals surface area contributed by atoms with E-state index in [1.807, 2.05) is 11.8 Å². The first-order valence-corrected chi connectivity index (χ1v) is 9.10. The molecule has 120 valence electrons. The molecule has 22 heavy (non-hydrogen) atoms. The van der Waals surface area contributed by atoms with Gasteiger partial charge >= 0.3 is 0 Å². The summed E-state index contributed by atoms with van der Waals surface area (Å²) in [4.78, 5) is 18.1. The number of nitrogens with one attached hydrogen (secondary N) is 1. The number of amides is 1. The number of nitrogens with zero attached hydrogens (tertiary/aromatic N) is 2. The topological polar surface area (TPSA) is 79.4 Å². The second-order valence-corrected chi connectivity index (χ2v) is 7.50. The Hall–Kier alpha value is -1.89. The van der Waals surface area contributed by atoms with Crippen LogP contribution in [-0.2, 0) is 9.84 Å². The highest BCUT2D eigenvalue weighted by molar-refractivity contribution is 7.91. The predicted octanol–water partition coefficient (Wildman–Crippen LogP) is 1.01. The molecule has 1 aliphatic rings. The highest BCUT2D eigenvalue weighted by Crippen LogP contribution is 2.24. The van der Waals surface area contributed by atoms with E-state index in [2.05, 4.69) is 16.9 Å². The van der Waals surface area contributed by atoms with E-state index in [-0.39, 0.29) is 23.5 Å². The van der Waals surface area contributed by atoms with Crippen molar-refractivity contribution in [1.29, 1.82) is 0 Å². The predicted molar refractivity (Wildman–Crippen MR) is 86.8 cm³/mol. The minimum absolute atomic E-state index is 0.0525. The molecular weight excluding hydrogens is 302 g/mol. The van der Waals surface area contributed by atoms with E-state index in [1.165, 1.54) is 6.20 Å². The number of hydrogen-bond acceptors (Lipinski definition) is 5. The maximum absolute atomic E-state index is 12.0. The van der Waals surface area contributed by atoms with Gasteiger partial charge in [-0.3, -0.25) is 9.78 Å². The molecule has 1 fully saturated rings.